The minimum Gasteiger partial charge on any atom is -0.381 e. The van der Waals surface area contributed by atoms with E-state index in [9.17, 15) is 0 Å². The first-order valence-corrected chi connectivity index (χ1v) is 8.64. The van der Waals surface area contributed by atoms with Crippen molar-refractivity contribution in [1.82, 2.24) is 15.6 Å². The Morgan fingerprint density at radius 3 is 2.95 bits per heavy atom. The topological polar surface area (TPSA) is 67.8 Å². The van der Waals surface area contributed by atoms with Crippen LogP contribution >= 0.6 is 11.3 Å². The van der Waals surface area contributed by atoms with Gasteiger partial charge in [-0.05, 0) is 26.2 Å². The van der Waals surface area contributed by atoms with Crippen LogP contribution in [0.25, 0.3) is 0 Å². The van der Waals surface area contributed by atoms with Crippen LogP contribution < -0.4 is 10.6 Å². The van der Waals surface area contributed by atoms with E-state index in [0.29, 0.717) is 12.6 Å². The van der Waals surface area contributed by atoms with Gasteiger partial charge < -0.3 is 20.1 Å². The van der Waals surface area contributed by atoms with Crippen LogP contribution in [0.1, 0.15) is 29.1 Å². The monoisotopic (exact) mass is 326 g/mol. The van der Waals surface area contributed by atoms with E-state index < -0.39 is 0 Å². The van der Waals surface area contributed by atoms with Crippen LogP contribution in [0, 0.1) is 6.92 Å². The summed E-state index contributed by atoms with van der Waals surface area (Å²) >= 11 is 1.70. The number of nitrogens with one attached hydrogen (secondary N) is 2. The van der Waals surface area contributed by atoms with Gasteiger partial charge in [0.05, 0.1) is 12.6 Å². The van der Waals surface area contributed by atoms with E-state index >= 15 is 0 Å². The first-order chi connectivity index (χ1) is 10.8. The quantitative estimate of drug-likeness (QED) is 0.453. The fourth-order valence-electron chi connectivity index (χ4n) is 2.23. The average molecular weight is 326 g/mol. The predicted molar refractivity (Wildman–Crippen MR) is 89.5 cm³/mol. The summed E-state index contributed by atoms with van der Waals surface area (Å²) < 4.78 is 11.2. The largest absolute Gasteiger partial charge is 0.381 e. The molecule has 0 radical (unpaired) electrons. The Balaban J connectivity index is 1.54. The Kier molecular flexibility index (Phi) is 7.62. The number of hydrogen-bond donors (Lipinski definition) is 2. The number of aromatic nitrogens is 1. The molecule has 1 aliphatic rings. The number of hydrogen-bond acceptors (Lipinski definition) is 5. The maximum atomic E-state index is 5.84. The van der Waals surface area contributed by atoms with E-state index in [0.717, 1.165) is 56.6 Å². The molecule has 2 rings (SSSR count). The van der Waals surface area contributed by atoms with Gasteiger partial charge in [0.2, 0.25) is 0 Å². The minimum absolute atomic E-state index is 0.374. The van der Waals surface area contributed by atoms with Crippen LogP contribution in [-0.2, 0) is 16.0 Å². The van der Waals surface area contributed by atoms with Gasteiger partial charge in [-0.1, -0.05) is 0 Å². The summed E-state index contributed by atoms with van der Waals surface area (Å²) in [6.07, 6.45) is 5.27. The Hall–Kier alpha value is -1.18. The van der Waals surface area contributed by atoms with E-state index in [1.54, 1.807) is 18.4 Å². The molecule has 2 heterocycles. The second-order valence-electron chi connectivity index (χ2n) is 5.25. The Morgan fingerprint density at radius 2 is 2.27 bits per heavy atom. The molecule has 0 aliphatic carbocycles. The van der Waals surface area contributed by atoms with E-state index in [2.05, 4.69) is 27.5 Å². The lowest BCUT2D eigenvalue weighted by Crippen LogP contribution is -2.37. The van der Waals surface area contributed by atoms with Crippen LogP contribution in [0.15, 0.2) is 11.2 Å². The summed E-state index contributed by atoms with van der Waals surface area (Å²) in [4.78, 5) is 9.76. The molecule has 1 fully saturated rings. The molecule has 2 N–H and O–H groups in total. The third-order valence-corrected chi connectivity index (χ3v) is 4.35. The van der Waals surface area contributed by atoms with E-state index in [1.165, 1.54) is 4.88 Å². The SMILES string of the molecule is CN=C(NCCCOC1CCOCC1)NCc1ncc(C)s1. The van der Waals surface area contributed by atoms with Crippen LogP contribution in [0.2, 0.25) is 0 Å². The fourth-order valence-corrected chi connectivity index (χ4v) is 2.96. The zero-order valence-electron chi connectivity index (χ0n) is 13.4. The van der Waals surface area contributed by atoms with E-state index in [-0.39, 0.29) is 0 Å². The second kappa shape index (κ2) is 9.76. The lowest BCUT2D eigenvalue weighted by Gasteiger charge is -2.22. The third-order valence-electron chi connectivity index (χ3n) is 3.44. The zero-order valence-corrected chi connectivity index (χ0v) is 14.2. The number of aryl methyl sites for hydroxylation is 1. The summed E-state index contributed by atoms with van der Waals surface area (Å²) in [7, 11) is 1.78. The molecule has 1 saturated heterocycles. The van der Waals surface area contributed by atoms with Gasteiger partial charge in [0, 0.05) is 44.5 Å². The summed E-state index contributed by atoms with van der Waals surface area (Å²) in [6.45, 7) is 6.05. The maximum absolute atomic E-state index is 5.84. The summed E-state index contributed by atoms with van der Waals surface area (Å²) in [6, 6.07) is 0. The van der Waals surface area contributed by atoms with Crippen molar-refractivity contribution in [2.45, 2.75) is 38.8 Å². The first-order valence-electron chi connectivity index (χ1n) is 7.83. The number of guanidine groups is 1. The van der Waals surface area contributed by atoms with Crippen molar-refractivity contribution in [2.24, 2.45) is 4.99 Å². The standard InChI is InChI=1S/C15H26N4O2S/c1-12-10-18-14(22-12)11-19-15(16-2)17-6-3-7-21-13-4-8-20-9-5-13/h10,13H,3-9,11H2,1-2H3,(H2,16,17,19). The molecule has 0 atom stereocenters. The summed E-state index contributed by atoms with van der Waals surface area (Å²) in [5.74, 6) is 0.805. The summed E-state index contributed by atoms with van der Waals surface area (Å²) in [5.41, 5.74) is 0. The van der Waals surface area contributed by atoms with Crippen molar-refractivity contribution in [1.29, 1.82) is 0 Å². The molecular formula is C15H26N4O2S. The molecule has 6 nitrogen and oxygen atoms in total. The molecule has 7 heteroatoms. The van der Waals surface area contributed by atoms with Gasteiger partial charge in [0.1, 0.15) is 5.01 Å². The number of aliphatic imine (C=N–C) groups is 1. The molecule has 0 aromatic carbocycles. The fraction of sp³-hybridized carbons (Fsp3) is 0.733. The maximum Gasteiger partial charge on any atom is 0.191 e. The highest BCUT2D eigenvalue weighted by molar-refractivity contribution is 7.11. The molecule has 0 amide bonds. The molecule has 1 aliphatic heterocycles. The van der Waals surface area contributed by atoms with Crippen LogP contribution in [0.5, 0.6) is 0 Å². The highest BCUT2D eigenvalue weighted by atomic mass is 32.1. The minimum atomic E-state index is 0.374. The van der Waals surface area contributed by atoms with E-state index in [4.69, 9.17) is 9.47 Å². The van der Waals surface area contributed by atoms with Gasteiger partial charge in [-0.2, -0.15) is 0 Å². The van der Waals surface area contributed by atoms with Gasteiger partial charge >= 0.3 is 0 Å². The van der Waals surface area contributed by atoms with Crippen LogP contribution in [-0.4, -0.2) is 50.5 Å². The number of nitrogens with zero attached hydrogens (tertiary/aromatic N) is 2. The molecule has 0 bridgehead atoms. The lowest BCUT2D eigenvalue weighted by atomic mass is 10.1. The van der Waals surface area contributed by atoms with Crippen LogP contribution in [0.4, 0.5) is 0 Å². The molecule has 22 heavy (non-hydrogen) atoms. The normalized spacial score (nSPS) is 16.7. The third kappa shape index (κ3) is 6.29. The molecule has 0 unspecified atom stereocenters. The van der Waals surface area contributed by atoms with Crippen molar-refractivity contribution in [2.75, 3.05) is 33.4 Å². The molecule has 0 saturated carbocycles. The lowest BCUT2D eigenvalue weighted by molar-refractivity contribution is -0.0320. The number of ether oxygens (including phenoxy) is 2. The molecule has 1 aromatic heterocycles. The van der Waals surface area contributed by atoms with Crippen molar-refractivity contribution < 1.29 is 9.47 Å². The smallest absolute Gasteiger partial charge is 0.191 e. The molecular weight excluding hydrogens is 300 g/mol. The Bertz CT molecular complexity index is 458. The van der Waals surface area contributed by atoms with Crippen molar-refractivity contribution in [3.8, 4) is 0 Å². The van der Waals surface area contributed by atoms with Crippen molar-refractivity contribution in [3.05, 3.63) is 16.1 Å². The Labute approximate surface area is 136 Å². The molecule has 1 aromatic rings. The van der Waals surface area contributed by atoms with Gasteiger partial charge in [-0.15, -0.1) is 11.3 Å². The first kappa shape index (κ1) is 17.2. The van der Waals surface area contributed by atoms with Crippen molar-refractivity contribution >= 4 is 17.3 Å². The van der Waals surface area contributed by atoms with Gasteiger partial charge in [0.25, 0.3) is 0 Å². The number of thiazole rings is 1. The highest BCUT2D eigenvalue weighted by Crippen LogP contribution is 2.11. The second-order valence-corrected chi connectivity index (χ2v) is 6.57. The van der Waals surface area contributed by atoms with E-state index in [1.807, 2.05) is 6.20 Å². The van der Waals surface area contributed by atoms with Crippen molar-refractivity contribution in [3.63, 3.8) is 0 Å². The Morgan fingerprint density at radius 1 is 1.45 bits per heavy atom. The molecule has 124 valence electrons. The highest BCUT2D eigenvalue weighted by Gasteiger charge is 2.13. The average Bonchev–Trinajstić information content (AvgIpc) is 2.96. The van der Waals surface area contributed by atoms with Crippen LogP contribution in [0.3, 0.4) is 0 Å². The van der Waals surface area contributed by atoms with Gasteiger partial charge in [-0.3, -0.25) is 4.99 Å². The van der Waals surface area contributed by atoms with Gasteiger partial charge in [-0.25, -0.2) is 4.98 Å². The van der Waals surface area contributed by atoms with Gasteiger partial charge in [0.15, 0.2) is 5.96 Å². The predicted octanol–water partition coefficient (Wildman–Crippen LogP) is 1.70. The number of rotatable bonds is 7. The molecule has 0 spiro atoms. The zero-order chi connectivity index (χ0) is 15.6. The summed E-state index contributed by atoms with van der Waals surface area (Å²) in [5, 5.41) is 7.64.